The second-order valence-electron chi connectivity index (χ2n) is 29.7. The van der Waals surface area contributed by atoms with Gasteiger partial charge in [-0.3, -0.25) is 37.3 Å². The van der Waals surface area contributed by atoms with Gasteiger partial charge in [0.25, 0.3) is 0 Å². The van der Waals surface area contributed by atoms with Crippen LogP contribution < -0.4 is 0 Å². The third kappa shape index (κ3) is 72.5. The van der Waals surface area contributed by atoms with Crippen molar-refractivity contribution in [1.82, 2.24) is 0 Å². The summed E-state index contributed by atoms with van der Waals surface area (Å²) in [7, 11) is -9.93. The average Bonchev–Trinajstić information content (AvgIpc) is 0.945. The first-order valence-electron chi connectivity index (χ1n) is 41.2. The molecule has 17 nitrogen and oxygen atoms in total. The van der Waals surface area contributed by atoms with Crippen LogP contribution in [0.3, 0.4) is 0 Å². The fourth-order valence-electron chi connectivity index (χ4n) is 11.9. The summed E-state index contributed by atoms with van der Waals surface area (Å²) in [6.45, 7) is 11.9. The van der Waals surface area contributed by atoms with Gasteiger partial charge in [0.05, 0.1) is 26.4 Å². The van der Waals surface area contributed by atoms with Gasteiger partial charge in [-0.15, -0.1) is 0 Å². The van der Waals surface area contributed by atoms with Crippen LogP contribution in [0.25, 0.3) is 0 Å². The Kier molecular flexibility index (Phi) is 69.1. The van der Waals surface area contributed by atoms with E-state index in [2.05, 4.69) is 72.8 Å². The minimum absolute atomic E-state index is 0.100. The maximum Gasteiger partial charge on any atom is 0.472 e. The van der Waals surface area contributed by atoms with E-state index in [1.54, 1.807) is 0 Å². The second kappa shape index (κ2) is 70.8. The van der Waals surface area contributed by atoms with Crippen LogP contribution in [0.5, 0.6) is 0 Å². The Hall–Kier alpha value is -2.46. The zero-order valence-corrected chi connectivity index (χ0v) is 66.9. The summed E-state index contributed by atoms with van der Waals surface area (Å²) in [6, 6.07) is 0. The number of aliphatic hydroxyl groups is 1. The van der Waals surface area contributed by atoms with Crippen molar-refractivity contribution >= 4 is 39.5 Å². The third-order valence-electron chi connectivity index (χ3n) is 18.6. The van der Waals surface area contributed by atoms with Crippen molar-refractivity contribution in [3.05, 3.63) is 24.3 Å². The van der Waals surface area contributed by atoms with Crippen molar-refractivity contribution in [1.29, 1.82) is 0 Å². The van der Waals surface area contributed by atoms with Gasteiger partial charge in [-0.2, -0.15) is 0 Å². The fraction of sp³-hybridized carbons (Fsp3) is 0.901. The van der Waals surface area contributed by atoms with Gasteiger partial charge in [-0.05, 0) is 69.1 Å². The quantitative estimate of drug-likeness (QED) is 0.0169. The van der Waals surface area contributed by atoms with Crippen LogP contribution in [0, 0.1) is 17.8 Å². The van der Waals surface area contributed by atoms with Crippen molar-refractivity contribution in [3.63, 3.8) is 0 Å². The normalized spacial score (nSPS) is 14.4. The van der Waals surface area contributed by atoms with Crippen LogP contribution in [0.2, 0.25) is 0 Å². The maximum atomic E-state index is 13.1. The van der Waals surface area contributed by atoms with Crippen molar-refractivity contribution in [2.24, 2.45) is 17.8 Å². The standard InChI is InChI=1S/C81H154O17P2/c1-8-10-11-12-13-14-15-16-19-25-30-35-40-48-55-62-78(83)91-68-76(97-80(85)65-58-51-42-37-32-27-22-24-29-34-39-46-53-60-73(5)6)70-95-99(87,88)93-66-75(82)67-94-100(89,90)96-71-77(69-92-79(84)63-56-49-44-43-47-54-61-74(7)9-2)98-81(86)64-57-50-41-36-31-26-21-18-17-20-23-28-33-38-45-52-59-72(3)4/h14-16,19,72-77,82H,8-13,17-18,20-71H2,1-7H3,(H,87,88)(H,89,90)/b15-14-,19-16-/t74?,75-,76-,77-/m1/s1. The lowest BCUT2D eigenvalue weighted by atomic mass is 10.00. The molecule has 0 aliphatic heterocycles. The van der Waals surface area contributed by atoms with Gasteiger partial charge < -0.3 is 33.8 Å². The van der Waals surface area contributed by atoms with E-state index in [1.165, 1.54) is 180 Å². The molecule has 0 aliphatic carbocycles. The van der Waals surface area contributed by atoms with Gasteiger partial charge in [0.2, 0.25) is 0 Å². The zero-order chi connectivity index (χ0) is 73.7. The molecule has 0 heterocycles. The summed E-state index contributed by atoms with van der Waals surface area (Å²) >= 11 is 0. The topological polar surface area (TPSA) is 237 Å². The molecule has 0 rings (SSSR count). The lowest BCUT2D eigenvalue weighted by molar-refractivity contribution is -0.161. The number of ether oxygens (including phenoxy) is 4. The number of aliphatic hydroxyl groups excluding tert-OH is 1. The molecule has 0 aromatic carbocycles. The first-order chi connectivity index (χ1) is 48.3. The minimum atomic E-state index is -4.97. The van der Waals surface area contributed by atoms with Crippen LogP contribution in [0.15, 0.2) is 24.3 Å². The summed E-state index contributed by atoms with van der Waals surface area (Å²) in [4.78, 5) is 73.0. The van der Waals surface area contributed by atoms with Crippen molar-refractivity contribution in [2.75, 3.05) is 39.6 Å². The van der Waals surface area contributed by atoms with E-state index < -0.39 is 97.5 Å². The number of hydrogen-bond acceptors (Lipinski definition) is 15. The van der Waals surface area contributed by atoms with Gasteiger partial charge in [-0.25, -0.2) is 9.13 Å². The molecule has 0 aromatic heterocycles. The number of rotatable bonds is 77. The molecule has 0 spiro atoms. The van der Waals surface area contributed by atoms with Gasteiger partial charge >= 0.3 is 39.5 Å². The molecule has 590 valence electrons. The molecule has 0 saturated heterocycles. The number of phosphoric acid groups is 2. The molecule has 0 amide bonds. The highest BCUT2D eigenvalue weighted by molar-refractivity contribution is 7.47. The number of phosphoric ester groups is 2. The first-order valence-corrected chi connectivity index (χ1v) is 44.2. The Morgan fingerprint density at radius 3 is 0.890 bits per heavy atom. The monoisotopic (exact) mass is 1460 g/mol. The zero-order valence-electron chi connectivity index (χ0n) is 65.2. The highest BCUT2D eigenvalue weighted by atomic mass is 31.2. The maximum absolute atomic E-state index is 13.1. The van der Waals surface area contributed by atoms with Crippen LogP contribution in [0.1, 0.15) is 395 Å². The molecule has 3 unspecified atom stereocenters. The molecule has 0 fully saturated rings. The van der Waals surface area contributed by atoms with Crippen molar-refractivity contribution in [3.8, 4) is 0 Å². The Labute approximate surface area is 612 Å². The number of allylic oxidation sites excluding steroid dienone is 4. The van der Waals surface area contributed by atoms with E-state index in [0.29, 0.717) is 25.7 Å². The molecule has 3 N–H and O–H groups in total. The van der Waals surface area contributed by atoms with Gasteiger partial charge in [-0.1, -0.05) is 342 Å². The Balaban J connectivity index is 5.27. The Morgan fingerprint density at radius 2 is 0.590 bits per heavy atom. The fourth-order valence-corrected chi connectivity index (χ4v) is 13.5. The molecule has 19 heteroatoms. The summed E-state index contributed by atoms with van der Waals surface area (Å²) < 4.78 is 68.7. The molecule has 0 radical (unpaired) electrons. The molecule has 6 atom stereocenters. The minimum Gasteiger partial charge on any atom is -0.462 e. The van der Waals surface area contributed by atoms with E-state index in [4.69, 9.17) is 37.0 Å². The van der Waals surface area contributed by atoms with E-state index in [-0.39, 0.29) is 25.7 Å². The SMILES string of the molecule is CCCCCC/C=C\C=C/CCCCCCCC(=O)OC[C@H](COP(=O)(O)OC[C@@H](O)COP(=O)(O)OC[C@@H](COC(=O)CCCCCCCCC(C)CC)OC(=O)CCCCCCCCCCCCCCCCCCC(C)C)OC(=O)CCCCCCCCCCCCCCCC(C)C. The number of carbonyl (C=O) groups excluding carboxylic acids is 4. The molecule has 0 aromatic rings. The molecular formula is C81H154O17P2. The molecule has 0 bridgehead atoms. The molecule has 0 aliphatic rings. The summed E-state index contributed by atoms with van der Waals surface area (Å²) in [5, 5.41) is 10.6. The molecular weight excluding hydrogens is 1310 g/mol. The Morgan fingerprint density at radius 1 is 0.330 bits per heavy atom. The summed E-state index contributed by atoms with van der Waals surface area (Å²) in [6.07, 6.45) is 61.9. The number of carbonyl (C=O) groups is 4. The highest BCUT2D eigenvalue weighted by Crippen LogP contribution is 2.45. The van der Waals surface area contributed by atoms with Crippen molar-refractivity contribution in [2.45, 2.75) is 414 Å². The van der Waals surface area contributed by atoms with Gasteiger partial charge in [0, 0.05) is 25.7 Å². The number of unbranched alkanes of at least 4 members (excludes halogenated alkanes) is 41. The van der Waals surface area contributed by atoms with E-state index in [0.717, 1.165) is 133 Å². The lowest BCUT2D eigenvalue weighted by Crippen LogP contribution is -2.30. The average molecular weight is 1460 g/mol. The van der Waals surface area contributed by atoms with E-state index in [9.17, 15) is 43.2 Å². The van der Waals surface area contributed by atoms with Crippen LogP contribution >= 0.6 is 15.6 Å². The van der Waals surface area contributed by atoms with Gasteiger partial charge in [0.1, 0.15) is 19.3 Å². The highest BCUT2D eigenvalue weighted by Gasteiger charge is 2.30. The van der Waals surface area contributed by atoms with Crippen molar-refractivity contribution < 1.29 is 80.2 Å². The van der Waals surface area contributed by atoms with Crippen LogP contribution in [-0.2, 0) is 65.4 Å². The number of hydrogen-bond donors (Lipinski definition) is 3. The predicted molar refractivity (Wildman–Crippen MR) is 409 cm³/mol. The summed E-state index contributed by atoms with van der Waals surface area (Å²) in [5.41, 5.74) is 0. The van der Waals surface area contributed by atoms with Crippen LogP contribution in [-0.4, -0.2) is 96.7 Å². The van der Waals surface area contributed by atoms with E-state index >= 15 is 0 Å². The largest absolute Gasteiger partial charge is 0.472 e. The Bertz CT molecular complexity index is 2040. The number of esters is 4. The lowest BCUT2D eigenvalue weighted by Gasteiger charge is -2.21. The summed E-state index contributed by atoms with van der Waals surface area (Å²) in [5.74, 6) is 0.179. The predicted octanol–water partition coefficient (Wildman–Crippen LogP) is 23.7. The van der Waals surface area contributed by atoms with E-state index in [1.807, 2.05) is 0 Å². The molecule has 0 saturated carbocycles. The van der Waals surface area contributed by atoms with Gasteiger partial charge in [0.15, 0.2) is 12.2 Å². The van der Waals surface area contributed by atoms with Crippen LogP contribution in [0.4, 0.5) is 0 Å². The third-order valence-corrected chi connectivity index (χ3v) is 20.5. The first kappa shape index (κ1) is 97.5. The molecule has 100 heavy (non-hydrogen) atoms. The smallest absolute Gasteiger partial charge is 0.462 e. The second-order valence-corrected chi connectivity index (χ2v) is 32.6.